The van der Waals surface area contributed by atoms with Crippen LogP contribution < -0.4 is 5.73 Å². The zero-order valence-corrected chi connectivity index (χ0v) is 8.94. The van der Waals surface area contributed by atoms with Crippen LogP contribution in [0, 0.1) is 5.82 Å². The quantitative estimate of drug-likeness (QED) is 0.808. The first-order valence-electron chi connectivity index (χ1n) is 3.57. The molecule has 2 nitrogen and oxygen atoms in total. The van der Waals surface area contributed by atoms with Crippen LogP contribution in [0.2, 0.25) is 5.02 Å². The van der Waals surface area contributed by atoms with Crippen LogP contribution in [0.4, 0.5) is 4.39 Å². The molecule has 1 unspecified atom stereocenters. The fraction of sp³-hybridized carbons (Fsp3) is 0.250. The molecule has 0 spiro atoms. The fourth-order valence-corrected chi connectivity index (χ4v) is 1.46. The summed E-state index contributed by atoms with van der Waals surface area (Å²) in [7, 11) is 0. The maximum Gasteiger partial charge on any atom is 0.143 e. The third kappa shape index (κ3) is 2.40. The topological polar surface area (TPSA) is 46.2 Å². The van der Waals surface area contributed by atoms with E-state index >= 15 is 0 Å². The van der Waals surface area contributed by atoms with E-state index in [1.54, 1.807) is 6.07 Å². The Morgan fingerprint density at radius 3 is 2.69 bits per heavy atom. The molecule has 1 rings (SSSR count). The standard InChI is InChI=1S/C8H8BrClFNO/c9-5-1-4(7(12)3-13)2-6(11)8(5)10/h1-2,7,13H,3,12H2. The summed E-state index contributed by atoms with van der Waals surface area (Å²) in [5, 5.41) is 8.77. The van der Waals surface area contributed by atoms with E-state index in [1.165, 1.54) is 6.07 Å². The molecule has 0 aromatic heterocycles. The molecule has 5 heteroatoms. The Bertz CT molecular complexity index is 298. The lowest BCUT2D eigenvalue weighted by atomic mass is 10.1. The molecule has 13 heavy (non-hydrogen) atoms. The zero-order valence-electron chi connectivity index (χ0n) is 6.60. The predicted octanol–water partition coefficient (Wildman–Crippen LogP) is 2.23. The summed E-state index contributed by atoms with van der Waals surface area (Å²) in [6, 6.07) is 2.23. The molecule has 0 aliphatic carbocycles. The lowest BCUT2D eigenvalue weighted by molar-refractivity contribution is 0.267. The summed E-state index contributed by atoms with van der Waals surface area (Å²) in [6.07, 6.45) is 0. The van der Waals surface area contributed by atoms with Gasteiger partial charge in [-0.15, -0.1) is 0 Å². The summed E-state index contributed by atoms with van der Waals surface area (Å²) in [5.41, 5.74) is 6.01. The molecule has 0 bridgehead atoms. The highest BCUT2D eigenvalue weighted by molar-refractivity contribution is 9.10. The van der Waals surface area contributed by atoms with Crippen LogP contribution >= 0.6 is 27.5 Å². The van der Waals surface area contributed by atoms with E-state index in [1.807, 2.05) is 0 Å². The normalized spacial score (nSPS) is 13.0. The lowest BCUT2D eigenvalue weighted by Crippen LogP contribution is -2.14. The van der Waals surface area contributed by atoms with Crippen molar-refractivity contribution in [3.63, 3.8) is 0 Å². The monoisotopic (exact) mass is 267 g/mol. The van der Waals surface area contributed by atoms with Gasteiger partial charge in [-0.1, -0.05) is 11.6 Å². The Morgan fingerprint density at radius 1 is 1.62 bits per heavy atom. The van der Waals surface area contributed by atoms with E-state index in [9.17, 15) is 4.39 Å². The number of aliphatic hydroxyl groups excluding tert-OH is 1. The summed E-state index contributed by atoms with van der Waals surface area (Å²) in [4.78, 5) is 0. The molecular weight excluding hydrogens is 260 g/mol. The maximum absolute atomic E-state index is 13.0. The number of nitrogens with two attached hydrogens (primary N) is 1. The van der Waals surface area contributed by atoms with Gasteiger partial charge in [0.15, 0.2) is 0 Å². The second-order valence-electron chi connectivity index (χ2n) is 2.59. The maximum atomic E-state index is 13.0. The average Bonchev–Trinajstić information content (AvgIpc) is 2.12. The fourth-order valence-electron chi connectivity index (χ4n) is 0.895. The van der Waals surface area contributed by atoms with E-state index in [2.05, 4.69) is 15.9 Å². The van der Waals surface area contributed by atoms with Crippen LogP contribution in [-0.4, -0.2) is 11.7 Å². The first-order valence-corrected chi connectivity index (χ1v) is 4.74. The van der Waals surface area contributed by atoms with Gasteiger partial charge in [0.2, 0.25) is 0 Å². The Morgan fingerprint density at radius 2 is 2.23 bits per heavy atom. The van der Waals surface area contributed by atoms with Gasteiger partial charge in [0.25, 0.3) is 0 Å². The number of aliphatic hydroxyl groups is 1. The second kappa shape index (κ2) is 4.37. The smallest absolute Gasteiger partial charge is 0.143 e. The van der Waals surface area contributed by atoms with E-state index in [4.69, 9.17) is 22.4 Å². The van der Waals surface area contributed by atoms with Crippen LogP contribution in [0.3, 0.4) is 0 Å². The van der Waals surface area contributed by atoms with E-state index in [0.717, 1.165) is 0 Å². The van der Waals surface area contributed by atoms with Crippen molar-refractivity contribution in [1.82, 2.24) is 0 Å². The Balaban J connectivity index is 3.13. The number of rotatable bonds is 2. The van der Waals surface area contributed by atoms with Crippen LogP contribution in [0.5, 0.6) is 0 Å². The minimum Gasteiger partial charge on any atom is -0.394 e. The molecule has 0 aliphatic rings. The highest BCUT2D eigenvalue weighted by Gasteiger charge is 2.11. The lowest BCUT2D eigenvalue weighted by Gasteiger charge is -2.09. The summed E-state index contributed by atoms with van der Waals surface area (Å²) >= 11 is 8.66. The van der Waals surface area contributed by atoms with Crippen LogP contribution in [-0.2, 0) is 0 Å². The van der Waals surface area contributed by atoms with Crippen LogP contribution in [0.1, 0.15) is 11.6 Å². The third-order valence-electron chi connectivity index (χ3n) is 1.63. The van der Waals surface area contributed by atoms with Gasteiger partial charge in [0.05, 0.1) is 17.7 Å². The third-order valence-corrected chi connectivity index (χ3v) is 2.87. The molecule has 0 saturated heterocycles. The molecule has 0 saturated carbocycles. The van der Waals surface area contributed by atoms with Crippen molar-refractivity contribution in [2.24, 2.45) is 5.73 Å². The first-order chi connectivity index (χ1) is 6.06. The minimum absolute atomic E-state index is 0.0221. The largest absolute Gasteiger partial charge is 0.394 e. The van der Waals surface area contributed by atoms with Crippen molar-refractivity contribution in [2.75, 3.05) is 6.61 Å². The van der Waals surface area contributed by atoms with Gasteiger partial charge in [-0.3, -0.25) is 0 Å². The number of halogens is 3. The van der Waals surface area contributed by atoms with Crippen molar-refractivity contribution in [1.29, 1.82) is 0 Å². The highest BCUT2D eigenvalue weighted by Crippen LogP contribution is 2.28. The van der Waals surface area contributed by atoms with Crippen molar-refractivity contribution in [3.05, 3.63) is 33.0 Å². The second-order valence-corrected chi connectivity index (χ2v) is 3.82. The molecule has 72 valence electrons. The van der Waals surface area contributed by atoms with Gasteiger partial charge >= 0.3 is 0 Å². The average molecular weight is 269 g/mol. The van der Waals surface area contributed by atoms with Gasteiger partial charge in [-0.25, -0.2) is 4.39 Å². The van der Waals surface area contributed by atoms with E-state index in [0.29, 0.717) is 10.0 Å². The van der Waals surface area contributed by atoms with Gasteiger partial charge in [0.1, 0.15) is 5.82 Å². The Kier molecular flexibility index (Phi) is 3.67. The van der Waals surface area contributed by atoms with Crippen LogP contribution in [0.15, 0.2) is 16.6 Å². The number of hydrogen-bond acceptors (Lipinski definition) is 2. The molecular formula is C8H8BrClFNO. The Hall–Kier alpha value is -0.160. The van der Waals surface area contributed by atoms with Gasteiger partial charge in [-0.2, -0.15) is 0 Å². The predicted molar refractivity (Wildman–Crippen MR) is 53.1 cm³/mol. The number of benzene rings is 1. The van der Waals surface area contributed by atoms with Crippen molar-refractivity contribution in [2.45, 2.75) is 6.04 Å². The molecule has 1 aromatic carbocycles. The molecule has 1 aromatic rings. The summed E-state index contributed by atoms with van der Waals surface area (Å²) in [5.74, 6) is -0.546. The SMILES string of the molecule is NC(CO)c1cc(F)c(Cl)c(Br)c1. The molecule has 0 amide bonds. The van der Waals surface area contributed by atoms with E-state index in [-0.39, 0.29) is 11.6 Å². The van der Waals surface area contributed by atoms with Gasteiger partial charge in [0, 0.05) is 4.47 Å². The molecule has 1 atom stereocenters. The Labute approximate surface area is 88.6 Å². The summed E-state index contributed by atoms with van der Waals surface area (Å²) < 4.78 is 13.5. The van der Waals surface area contributed by atoms with Gasteiger partial charge in [-0.05, 0) is 33.6 Å². The first kappa shape index (κ1) is 10.9. The van der Waals surface area contributed by atoms with E-state index < -0.39 is 11.9 Å². The van der Waals surface area contributed by atoms with Crippen molar-refractivity contribution in [3.8, 4) is 0 Å². The molecule has 0 aliphatic heterocycles. The van der Waals surface area contributed by atoms with Crippen molar-refractivity contribution >= 4 is 27.5 Å². The minimum atomic E-state index is -0.580. The van der Waals surface area contributed by atoms with Gasteiger partial charge < -0.3 is 10.8 Å². The number of hydrogen-bond donors (Lipinski definition) is 2. The zero-order chi connectivity index (χ0) is 10.0. The summed E-state index contributed by atoms with van der Waals surface area (Å²) in [6.45, 7) is -0.229. The molecule has 0 heterocycles. The molecule has 0 fully saturated rings. The highest BCUT2D eigenvalue weighted by atomic mass is 79.9. The molecule has 3 N–H and O–H groups in total. The van der Waals surface area contributed by atoms with Crippen molar-refractivity contribution < 1.29 is 9.50 Å². The molecule has 0 radical (unpaired) electrons. The van der Waals surface area contributed by atoms with Crippen LogP contribution in [0.25, 0.3) is 0 Å².